The van der Waals surface area contributed by atoms with Gasteiger partial charge in [0.2, 0.25) is 0 Å². The second-order valence-electron chi connectivity index (χ2n) is 4.92. The van der Waals surface area contributed by atoms with Crippen molar-refractivity contribution in [3.05, 3.63) is 63.1 Å². The summed E-state index contributed by atoms with van der Waals surface area (Å²) in [5, 5.41) is 4.52. The van der Waals surface area contributed by atoms with Crippen molar-refractivity contribution < 1.29 is 9.53 Å². The Morgan fingerprint density at radius 1 is 1.09 bits per heavy atom. The summed E-state index contributed by atoms with van der Waals surface area (Å²) in [4.78, 5) is 12.3. The maximum absolute atomic E-state index is 12.3. The Kier molecular flexibility index (Phi) is 6.58. The maximum Gasteiger partial charge on any atom is 0.261 e. The number of nitrogens with one attached hydrogen (secondary N) is 1. The molecule has 0 aliphatic carbocycles. The molecule has 0 saturated carbocycles. The Morgan fingerprint density at radius 3 is 2.35 bits per heavy atom. The van der Waals surface area contributed by atoms with Crippen LogP contribution in [-0.4, -0.2) is 12.0 Å². The van der Waals surface area contributed by atoms with Crippen molar-refractivity contribution in [2.45, 2.75) is 26.0 Å². The molecule has 0 heterocycles. The van der Waals surface area contributed by atoms with E-state index in [0.717, 1.165) is 5.56 Å². The van der Waals surface area contributed by atoms with Gasteiger partial charge in [0.05, 0.1) is 0 Å². The Balaban J connectivity index is 1.95. The molecule has 0 unspecified atom stereocenters. The van der Waals surface area contributed by atoms with E-state index in [-0.39, 0.29) is 5.91 Å². The molecule has 1 N–H and O–H groups in total. The summed E-state index contributed by atoms with van der Waals surface area (Å²) in [5.41, 5.74) is 0.797. The number of halogens is 3. The van der Waals surface area contributed by atoms with E-state index in [1.54, 1.807) is 42.5 Å². The van der Waals surface area contributed by atoms with Gasteiger partial charge in [-0.3, -0.25) is 4.79 Å². The first-order chi connectivity index (χ1) is 11.0. The van der Waals surface area contributed by atoms with E-state index in [1.165, 1.54) is 0 Å². The summed E-state index contributed by atoms with van der Waals surface area (Å²) in [6.45, 7) is 2.20. The lowest BCUT2D eigenvalue weighted by Gasteiger charge is -2.17. The second-order valence-corrected chi connectivity index (χ2v) is 6.20. The van der Waals surface area contributed by atoms with Crippen molar-refractivity contribution >= 4 is 40.7 Å². The van der Waals surface area contributed by atoms with Gasteiger partial charge in [-0.05, 0) is 48.4 Å². The fourth-order valence-corrected chi connectivity index (χ4v) is 2.56. The lowest BCUT2D eigenvalue weighted by molar-refractivity contribution is -0.128. The Labute approximate surface area is 150 Å². The minimum Gasteiger partial charge on any atom is -0.481 e. The SMILES string of the molecule is CC[C@@H](Oc1ccc(Cl)cc1)C(=O)NCc1ccc(Cl)cc1Cl. The van der Waals surface area contributed by atoms with Gasteiger partial charge >= 0.3 is 0 Å². The highest BCUT2D eigenvalue weighted by Gasteiger charge is 2.18. The summed E-state index contributed by atoms with van der Waals surface area (Å²) in [6.07, 6.45) is -0.0368. The van der Waals surface area contributed by atoms with Crippen LogP contribution in [0.2, 0.25) is 15.1 Å². The third-order valence-electron chi connectivity index (χ3n) is 3.22. The molecule has 2 aromatic carbocycles. The van der Waals surface area contributed by atoms with Crippen molar-refractivity contribution in [1.82, 2.24) is 5.32 Å². The fourth-order valence-electron chi connectivity index (χ4n) is 1.96. The van der Waals surface area contributed by atoms with Gasteiger partial charge in [-0.15, -0.1) is 0 Å². The molecule has 1 atom stereocenters. The van der Waals surface area contributed by atoms with Crippen LogP contribution in [0.5, 0.6) is 5.75 Å². The van der Waals surface area contributed by atoms with E-state index in [2.05, 4.69) is 5.32 Å². The van der Waals surface area contributed by atoms with E-state index < -0.39 is 6.10 Å². The number of carbonyl (C=O) groups excluding carboxylic acids is 1. The fraction of sp³-hybridized carbons (Fsp3) is 0.235. The molecule has 23 heavy (non-hydrogen) atoms. The molecule has 3 nitrogen and oxygen atoms in total. The molecule has 2 rings (SSSR count). The molecule has 0 bridgehead atoms. The molecule has 6 heteroatoms. The molecule has 0 fully saturated rings. The van der Waals surface area contributed by atoms with Crippen LogP contribution < -0.4 is 10.1 Å². The zero-order valence-electron chi connectivity index (χ0n) is 12.5. The summed E-state index contributed by atoms with van der Waals surface area (Å²) in [6, 6.07) is 12.1. The number of amides is 1. The van der Waals surface area contributed by atoms with E-state index in [4.69, 9.17) is 39.5 Å². The van der Waals surface area contributed by atoms with Crippen LogP contribution in [0.25, 0.3) is 0 Å². The molecule has 0 spiro atoms. The predicted molar refractivity (Wildman–Crippen MR) is 94.5 cm³/mol. The number of carbonyl (C=O) groups is 1. The van der Waals surface area contributed by atoms with Gasteiger partial charge in [-0.2, -0.15) is 0 Å². The van der Waals surface area contributed by atoms with E-state index in [9.17, 15) is 4.79 Å². The number of benzene rings is 2. The third kappa shape index (κ3) is 5.31. The van der Waals surface area contributed by atoms with Crippen LogP contribution in [0.1, 0.15) is 18.9 Å². The Hall–Kier alpha value is -1.42. The standard InChI is InChI=1S/C17H16Cl3NO2/c1-2-16(23-14-7-5-12(18)6-8-14)17(22)21-10-11-3-4-13(19)9-15(11)20/h3-9,16H,2,10H2,1H3,(H,21,22)/t16-/m1/s1. The van der Waals surface area contributed by atoms with Crippen molar-refractivity contribution in [3.8, 4) is 5.75 Å². The van der Waals surface area contributed by atoms with Gasteiger partial charge in [0.1, 0.15) is 5.75 Å². The molecule has 122 valence electrons. The van der Waals surface area contributed by atoms with Gasteiger partial charge in [-0.1, -0.05) is 47.8 Å². The topological polar surface area (TPSA) is 38.3 Å². The van der Waals surface area contributed by atoms with E-state index in [0.29, 0.717) is 33.8 Å². The first-order valence-corrected chi connectivity index (χ1v) is 8.27. The molecule has 0 aromatic heterocycles. The molecular weight excluding hydrogens is 357 g/mol. The van der Waals surface area contributed by atoms with Crippen LogP contribution in [-0.2, 0) is 11.3 Å². The Morgan fingerprint density at radius 2 is 1.74 bits per heavy atom. The first-order valence-electron chi connectivity index (χ1n) is 7.13. The van der Waals surface area contributed by atoms with Gasteiger partial charge < -0.3 is 10.1 Å². The lowest BCUT2D eigenvalue weighted by Crippen LogP contribution is -2.37. The lowest BCUT2D eigenvalue weighted by atomic mass is 10.2. The van der Waals surface area contributed by atoms with Crippen LogP contribution in [0.4, 0.5) is 0 Å². The Bertz CT molecular complexity index is 674. The van der Waals surface area contributed by atoms with E-state index in [1.807, 2.05) is 6.92 Å². The average Bonchev–Trinajstić information content (AvgIpc) is 2.53. The third-order valence-corrected chi connectivity index (χ3v) is 4.06. The summed E-state index contributed by atoms with van der Waals surface area (Å²) >= 11 is 17.8. The summed E-state index contributed by atoms with van der Waals surface area (Å²) < 4.78 is 5.69. The number of hydrogen-bond acceptors (Lipinski definition) is 2. The molecule has 2 aromatic rings. The normalized spacial score (nSPS) is 11.8. The monoisotopic (exact) mass is 371 g/mol. The van der Waals surface area contributed by atoms with Gasteiger partial charge in [0.25, 0.3) is 5.91 Å². The summed E-state index contributed by atoms with van der Waals surface area (Å²) in [7, 11) is 0. The van der Waals surface area contributed by atoms with E-state index >= 15 is 0 Å². The summed E-state index contributed by atoms with van der Waals surface area (Å²) in [5.74, 6) is 0.398. The molecule has 0 radical (unpaired) electrons. The number of ether oxygens (including phenoxy) is 1. The number of rotatable bonds is 6. The van der Waals surface area contributed by atoms with Crippen LogP contribution in [0, 0.1) is 0 Å². The zero-order valence-corrected chi connectivity index (χ0v) is 14.8. The highest BCUT2D eigenvalue weighted by molar-refractivity contribution is 6.35. The first kappa shape index (κ1) is 17.9. The van der Waals surface area contributed by atoms with Crippen molar-refractivity contribution in [2.24, 2.45) is 0 Å². The highest BCUT2D eigenvalue weighted by Crippen LogP contribution is 2.21. The van der Waals surface area contributed by atoms with Gasteiger partial charge in [-0.25, -0.2) is 0 Å². The smallest absolute Gasteiger partial charge is 0.261 e. The predicted octanol–water partition coefficient (Wildman–Crippen LogP) is 5.12. The van der Waals surface area contributed by atoms with Crippen LogP contribution >= 0.6 is 34.8 Å². The van der Waals surface area contributed by atoms with Crippen molar-refractivity contribution in [2.75, 3.05) is 0 Å². The quantitative estimate of drug-likeness (QED) is 0.764. The van der Waals surface area contributed by atoms with Crippen molar-refractivity contribution in [1.29, 1.82) is 0 Å². The van der Waals surface area contributed by atoms with Gasteiger partial charge in [0, 0.05) is 21.6 Å². The second kappa shape index (κ2) is 8.44. The molecule has 0 saturated heterocycles. The van der Waals surface area contributed by atoms with Gasteiger partial charge in [0.15, 0.2) is 6.10 Å². The van der Waals surface area contributed by atoms with Crippen LogP contribution in [0.15, 0.2) is 42.5 Å². The molecule has 1 amide bonds. The highest BCUT2D eigenvalue weighted by atomic mass is 35.5. The average molecular weight is 373 g/mol. The zero-order chi connectivity index (χ0) is 16.8. The van der Waals surface area contributed by atoms with Crippen molar-refractivity contribution in [3.63, 3.8) is 0 Å². The van der Waals surface area contributed by atoms with Crippen LogP contribution in [0.3, 0.4) is 0 Å². The molecular formula is C17H16Cl3NO2. The largest absolute Gasteiger partial charge is 0.481 e. The minimum atomic E-state index is -0.581. The maximum atomic E-state index is 12.3. The molecule has 0 aliphatic rings. The molecule has 0 aliphatic heterocycles. The number of hydrogen-bond donors (Lipinski definition) is 1. The minimum absolute atomic E-state index is 0.200.